The lowest BCUT2D eigenvalue weighted by Gasteiger charge is -2.16. The number of phenols is 2. The van der Waals surface area contributed by atoms with Crippen LogP contribution in [0.25, 0.3) is 0 Å². The molecule has 2 heterocycles. The summed E-state index contributed by atoms with van der Waals surface area (Å²) in [6, 6.07) is 0.958. The van der Waals surface area contributed by atoms with Crippen molar-refractivity contribution in [2.24, 2.45) is 0 Å². The predicted octanol–water partition coefficient (Wildman–Crippen LogP) is 2.69. The van der Waals surface area contributed by atoms with Crippen molar-refractivity contribution < 1.29 is 29.3 Å². The molecule has 7 heteroatoms. The maximum absolute atomic E-state index is 12.5. The molecule has 132 valence electrons. The quantitative estimate of drug-likeness (QED) is 0.542. The zero-order chi connectivity index (χ0) is 18.1. The third-order valence-electron chi connectivity index (χ3n) is 4.06. The van der Waals surface area contributed by atoms with Crippen molar-refractivity contribution in [1.82, 2.24) is 0 Å². The summed E-state index contributed by atoms with van der Waals surface area (Å²) in [6.45, 7) is 1.72. The molecule has 2 aliphatic heterocycles. The molecule has 2 aliphatic rings. The molecule has 6 nitrogen and oxygen atoms in total. The van der Waals surface area contributed by atoms with Crippen LogP contribution in [-0.4, -0.2) is 40.3 Å². The van der Waals surface area contributed by atoms with Crippen LogP contribution < -0.4 is 0 Å². The number of carbonyl (C=O) groups is 2. The Hall–Kier alpha value is -2.31. The molecule has 1 fully saturated rings. The highest BCUT2D eigenvalue weighted by Crippen LogP contribution is 2.37. The summed E-state index contributed by atoms with van der Waals surface area (Å²) in [6.07, 6.45) is 6.13. The van der Waals surface area contributed by atoms with Gasteiger partial charge in [0.2, 0.25) is 0 Å². The fourth-order valence-corrected chi connectivity index (χ4v) is 3.00. The number of rotatable bonds is 0. The fourth-order valence-electron chi connectivity index (χ4n) is 2.78. The zero-order valence-corrected chi connectivity index (χ0v) is 14.2. The number of esters is 1. The van der Waals surface area contributed by atoms with Crippen LogP contribution in [0.3, 0.4) is 0 Å². The van der Waals surface area contributed by atoms with Gasteiger partial charge in [-0.3, -0.25) is 4.79 Å². The molecule has 3 unspecified atom stereocenters. The highest BCUT2D eigenvalue weighted by Gasteiger charge is 2.38. The summed E-state index contributed by atoms with van der Waals surface area (Å²) in [4.78, 5) is 24.6. The second-order valence-corrected chi connectivity index (χ2v) is 6.44. The summed E-state index contributed by atoms with van der Waals surface area (Å²) >= 11 is 6.05. The lowest BCUT2D eigenvalue weighted by atomic mass is 10.00. The van der Waals surface area contributed by atoms with E-state index >= 15 is 0 Å². The first-order chi connectivity index (χ1) is 11.9. The van der Waals surface area contributed by atoms with E-state index in [0.717, 1.165) is 6.07 Å². The van der Waals surface area contributed by atoms with E-state index < -0.39 is 23.6 Å². The number of phenolic OH excluding ortho intramolecular Hbond substituents is 2. The minimum Gasteiger partial charge on any atom is -0.507 e. The van der Waals surface area contributed by atoms with Gasteiger partial charge in [0.25, 0.3) is 0 Å². The number of ether oxygens (including phenoxy) is 2. The number of hydrogen-bond donors (Lipinski definition) is 2. The largest absolute Gasteiger partial charge is 0.507 e. The predicted molar refractivity (Wildman–Crippen MR) is 89.9 cm³/mol. The second kappa shape index (κ2) is 6.90. The van der Waals surface area contributed by atoms with E-state index in [1.807, 2.05) is 6.08 Å². The van der Waals surface area contributed by atoms with Gasteiger partial charge in [-0.05, 0) is 13.0 Å². The fraction of sp³-hybridized carbons (Fsp3) is 0.333. The van der Waals surface area contributed by atoms with Crippen molar-refractivity contribution >= 4 is 23.4 Å². The van der Waals surface area contributed by atoms with Gasteiger partial charge in [-0.2, -0.15) is 0 Å². The monoisotopic (exact) mass is 364 g/mol. The Morgan fingerprint density at radius 1 is 1.20 bits per heavy atom. The van der Waals surface area contributed by atoms with Crippen molar-refractivity contribution in [2.45, 2.75) is 38.1 Å². The standard InChI is InChI=1S/C18H17ClO6/c1-9-6-15-14(25-15)5-3-2-4-10(20)7-11-16(18(23)24-9)12(21)8-13(22)17(11)19/h2-5,8-9,14-15,21-22H,6-7H2,1H3/b4-2?,5-3+. The number of hydrogen-bond acceptors (Lipinski definition) is 6. The maximum atomic E-state index is 12.5. The van der Waals surface area contributed by atoms with Crippen LogP contribution in [0, 0.1) is 0 Å². The molecule has 2 N–H and O–H groups in total. The first kappa shape index (κ1) is 17.5. The third-order valence-corrected chi connectivity index (χ3v) is 4.49. The van der Waals surface area contributed by atoms with Crippen molar-refractivity contribution in [2.75, 3.05) is 0 Å². The average molecular weight is 365 g/mol. The smallest absolute Gasteiger partial charge is 0.342 e. The SMILES string of the molecule is CC1CC2OC2/C=C/C=CC(=O)Cc2c(Cl)c(O)cc(O)c2C(=O)O1. The van der Waals surface area contributed by atoms with Gasteiger partial charge < -0.3 is 19.7 Å². The van der Waals surface area contributed by atoms with E-state index in [1.165, 1.54) is 6.08 Å². The Balaban J connectivity index is 2.01. The van der Waals surface area contributed by atoms with E-state index in [-0.39, 0.29) is 40.6 Å². The number of fused-ring (bicyclic) bond motifs is 2. The van der Waals surface area contributed by atoms with E-state index in [2.05, 4.69) is 0 Å². The minimum atomic E-state index is -0.802. The lowest BCUT2D eigenvalue weighted by Crippen LogP contribution is -2.19. The van der Waals surface area contributed by atoms with Gasteiger partial charge in [0, 0.05) is 24.5 Å². The third kappa shape index (κ3) is 3.86. The number of cyclic esters (lactones) is 1. The molecule has 3 atom stereocenters. The van der Waals surface area contributed by atoms with Crippen molar-refractivity contribution in [1.29, 1.82) is 0 Å². The molecule has 1 saturated heterocycles. The van der Waals surface area contributed by atoms with Gasteiger partial charge in [0.1, 0.15) is 29.3 Å². The molecule has 0 spiro atoms. The number of aromatic hydroxyl groups is 2. The molecule has 0 aromatic heterocycles. The van der Waals surface area contributed by atoms with Gasteiger partial charge in [-0.1, -0.05) is 29.8 Å². The van der Waals surface area contributed by atoms with E-state index in [4.69, 9.17) is 21.1 Å². The highest BCUT2D eigenvalue weighted by molar-refractivity contribution is 6.33. The van der Waals surface area contributed by atoms with Crippen LogP contribution in [0.4, 0.5) is 0 Å². The molecule has 0 saturated carbocycles. The van der Waals surface area contributed by atoms with Crippen LogP contribution >= 0.6 is 11.6 Å². The van der Waals surface area contributed by atoms with Crippen molar-refractivity contribution in [3.63, 3.8) is 0 Å². The van der Waals surface area contributed by atoms with E-state index in [1.54, 1.807) is 19.1 Å². The van der Waals surface area contributed by atoms with Gasteiger partial charge in [0.15, 0.2) is 5.78 Å². The molecule has 1 aromatic rings. The first-order valence-corrected chi connectivity index (χ1v) is 8.22. The van der Waals surface area contributed by atoms with Crippen LogP contribution in [-0.2, 0) is 20.7 Å². The van der Waals surface area contributed by atoms with Crippen LogP contribution in [0.5, 0.6) is 11.5 Å². The summed E-state index contributed by atoms with van der Waals surface area (Å²) < 4.78 is 10.8. The second-order valence-electron chi connectivity index (χ2n) is 6.06. The summed E-state index contributed by atoms with van der Waals surface area (Å²) in [7, 11) is 0. The Labute approximate surface area is 149 Å². The molecule has 3 rings (SSSR count). The van der Waals surface area contributed by atoms with Crippen LogP contribution in [0.1, 0.15) is 29.3 Å². The van der Waals surface area contributed by atoms with Gasteiger partial charge in [-0.25, -0.2) is 4.79 Å². The molecule has 0 amide bonds. The van der Waals surface area contributed by atoms with E-state index in [0.29, 0.717) is 6.42 Å². The van der Waals surface area contributed by atoms with Crippen LogP contribution in [0.15, 0.2) is 30.4 Å². The molecular formula is C18H17ClO6. The highest BCUT2D eigenvalue weighted by atomic mass is 35.5. The number of allylic oxidation sites excluding steroid dienone is 3. The molecule has 0 radical (unpaired) electrons. The van der Waals surface area contributed by atoms with E-state index in [9.17, 15) is 19.8 Å². The number of ketones is 1. The summed E-state index contributed by atoms with van der Waals surface area (Å²) in [5.41, 5.74) is -0.176. The minimum absolute atomic E-state index is 0.0348. The van der Waals surface area contributed by atoms with Gasteiger partial charge in [0.05, 0.1) is 11.1 Å². The van der Waals surface area contributed by atoms with Gasteiger partial charge >= 0.3 is 5.97 Å². The molecule has 25 heavy (non-hydrogen) atoms. The zero-order valence-electron chi connectivity index (χ0n) is 13.4. The molecule has 0 aliphatic carbocycles. The lowest BCUT2D eigenvalue weighted by molar-refractivity contribution is -0.114. The number of carbonyl (C=O) groups excluding carboxylic acids is 2. The number of epoxide rings is 1. The molecular weight excluding hydrogens is 348 g/mol. The van der Waals surface area contributed by atoms with Gasteiger partial charge in [-0.15, -0.1) is 0 Å². The summed E-state index contributed by atoms with van der Waals surface area (Å²) in [5.74, 6) is -2.04. The van der Waals surface area contributed by atoms with Crippen molar-refractivity contribution in [3.05, 3.63) is 46.5 Å². The average Bonchev–Trinajstić information content (AvgIpc) is 3.25. The van der Waals surface area contributed by atoms with Crippen molar-refractivity contribution in [3.8, 4) is 11.5 Å². The Morgan fingerprint density at radius 3 is 2.72 bits per heavy atom. The molecule has 1 aromatic carbocycles. The Kier molecular flexibility index (Phi) is 4.83. The number of benzene rings is 1. The maximum Gasteiger partial charge on any atom is 0.342 e. The molecule has 0 bridgehead atoms. The normalized spacial score (nSPS) is 27.7. The first-order valence-electron chi connectivity index (χ1n) is 7.84. The van der Waals surface area contributed by atoms with Crippen LogP contribution in [0.2, 0.25) is 5.02 Å². The Bertz CT molecular complexity index is 782. The number of halogens is 1. The topological polar surface area (TPSA) is 96.4 Å². The summed E-state index contributed by atoms with van der Waals surface area (Å²) in [5, 5.41) is 19.7. The Morgan fingerprint density at radius 2 is 1.96 bits per heavy atom.